The zero-order chi connectivity index (χ0) is 18.3. The fraction of sp³-hybridized carbons (Fsp3) is 0.450. The minimum absolute atomic E-state index is 0.194. The highest BCUT2D eigenvalue weighted by Crippen LogP contribution is 2.47. The van der Waals surface area contributed by atoms with E-state index in [-0.39, 0.29) is 18.1 Å². The highest BCUT2D eigenvalue weighted by molar-refractivity contribution is 5.92. The molecule has 1 amide bonds. The molecule has 1 heterocycles. The summed E-state index contributed by atoms with van der Waals surface area (Å²) in [4.78, 5) is 14.4. The van der Waals surface area contributed by atoms with Gasteiger partial charge in [-0.3, -0.25) is 9.69 Å². The van der Waals surface area contributed by atoms with E-state index in [1.807, 2.05) is 12.1 Å². The number of rotatable bonds is 7. The third kappa shape index (κ3) is 3.96. The van der Waals surface area contributed by atoms with Gasteiger partial charge in [0, 0.05) is 23.7 Å². The molecular weight excluding hydrogens is 338 g/mol. The van der Waals surface area contributed by atoms with Crippen LogP contribution in [0.25, 0.3) is 0 Å². The van der Waals surface area contributed by atoms with Gasteiger partial charge >= 0.3 is 0 Å². The molecule has 4 nitrogen and oxygen atoms in total. The summed E-state index contributed by atoms with van der Waals surface area (Å²) in [6.07, 6.45) is 3.30. The molecule has 1 aromatic heterocycles. The highest BCUT2D eigenvalue weighted by atomic mass is 19.2. The molecule has 26 heavy (non-hydrogen) atoms. The average molecular weight is 360 g/mol. The van der Waals surface area contributed by atoms with Crippen molar-refractivity contribution in [2.45, 2.75) is 44.7 Å². The zero-order valence-corrected chi connectivity index (χ0v) is 14.7. The first-order valence-electron chi connectivity index (χ1n) is 9.07. The van der Waals surface area contributed by atoms with Crippen molar-refractivity contribution >= 4 is 11.6 Å². The van der Waals surface area contributed by atoms with Crippen LogP contribution in [0.4, 0.5) is 14.5 Å². The maximum Gasteiger partial charge on any atom is 0.238 e. The smallest absolute Gasteiger partial charge is 0.238 e. The first-order valence-corrected chi connectivity index (χ1v) is 9.07. The molecule has 2 aliphatic rings. The largest absolute Gasteiger partial charge is 0.464 e. The Morgan fingerprint density at radius 3 is 2.65 bits per heavy atom. The molecule has 0 bridgehead atoms. The monoisotopic (exact) mass is 360 g/mol. The third-order valence-corrected chi connectivity index (χ3v) is 5.13. The molecule has 0 aliphatic heterocycles. The maximum atomic E-state index is 13.3. The van der Waals surface area contributed by atoms with Gasteiger partial charge in [0.15, 0.2) is 11.6 Å². The summed E-state index contributed by atoms with van der Waals surface area (Å²) in [5.74, 6) is 0.984. The fourth-order valence-electron chi connectivity index (χ4n) is 3.31. The lowest BCUT2D eigenvalue weighted by atomic mass is 10.3. The number of carbonyl (C=O) groups is 1. The van der Waals surface area contributed by atoms with Crippen molar-refractivity contribution < 1.29 is 18.0 Å². The zero-order valence-electron chi connectivity index (χ0n) is 14.7. The van der Waals surface area contributed by atoms with E-state index < -0.39 is 11.6 Å². The molecule has 138 valence electrons. The van der Waals surface area contributed by atoms with Crippen molar-refractivity contribution in [3.63, 3.8) is 0 Å². The molecule has 0 spiro atoms. The van der Waals surface area contributed by atoms with E-state index in [4.69, 9.17) is 4.42 Å². The van der Waals surface area contributed by atoms with Crippen LogP contribution in [0.15, 0.2) is 34.7 Å². The van der Waals surface area contributed by atoms with Crippen LogP contribution in [0.3, 0.4) is 0 Å². The molecular formula is C20H22F2N2O2. The standard InChI is InChI=1S/C20H22F2N2O2/c1-12-8-16(12)19-7-5-15(26-19)10-24(14-3-4-14)11-20(25)23-13-2-6-17(21)18(22)9-13/h2,5-7,9,12,14,16H,3-4,8,10-11H2,1H3,(H,23,25). The Morgan fingerprint density at radius 1 is 1.23 bits per heavy atom. The quantitative estimate of drug-likeness (QED) is 0.801. The van der Waals surface area contributed by atoms with Crippen molar-refractivity contribution in [1.29, 1.82) is 0 Å². The van der Waals surface area contributed by atoms with E-state index in [1.165, 1.54) is 12.5 Å². The van der Waals surface area contributed by atoms with Crippen LogP contribution in [0.5, 0.6) is 0 Å². The van der Waals surface area contributed by atoms with Crippen LogP contribution in [0.2, 0.25) is 0 Å². The molecule has 2 atom stereocenters. The highest BCUT2D eigenvalue weighted by Gasteiger charge is 2.37. The van der Waals surface area contributed by atoms with E-state index in [2.05, 4.69) is 17.1 Å². The summed E-state index contributed by atoms with van der Waals surface area (Å²) < 4.78 is 32.2. The first-order chi connectivity index (χ1) is 12.5. The summed E-state index contributed by atoms with van der Waals surface area (Å²) in [5.41, 5.74) is 0.257. The first kappa shape index (κ1) is 17.2. The lowest BCUT2D eigenvalue weighted by Gasteiger charge is -2.20. The minimum Gasteiger partial charge on any atom is -0.464 e. The van der Waals surface area contributed by atoms with Crippen molar-refractivity contribution in [2.24, 2.45) is 5.92 Å². The summed E-state index contributed by atoms with van der Waals surface area (Å²) >= 11 is 0. The van der Waals surface area contributed by atoms with E-state index in [0.717, 1.165) is 36.5 Å². The second-order valence-electron chi connectivity index (χ2n) is 7.44. The van der Waals surface area contributed by atoms with Crippen LogP contribution in [-0.2, 0) is 11.3 Å². The third-order valence-electron chi connectivity index (χ3n) is 5.13. The molecule has 0 radical (unpaired) electrons. The van der Waals surface area contributed by atoms with Gasteiger partial charge in [-0.05, 0) is 49.4 Å². The van der Waals surface area contributed by atoms with Gasteiger partial charge in [-0.25, -0.2) is 8.78 Å². The number of furan rings is 1. The Hall–Kier alpha value is -2.21. The number of nitrogens with one attached hydrogen (secondary N) is 1. The Labute approximate surface area is 151 Å². The number of anilines is 1. The van der Waals surface area contributed by atoms with Gasteiger partial charge in [-0.2, -0.15) is 0 Å². The number of benzene rings is 1. The lowest BCUT2D eigenvalue weighted by Crippen LogP contribution is -2.34. The van der Waals surface area contributed by atoms with Crippen molar-refractivity contribution in [1.82, 2.24) is 4.90 Å². The van der Waals surface area contributed by atoms with Crippen molar-refractivity contribution in [3.8, 4) is 0 Å². The number of amides is 1. The molecule has 1 aromatic carbocycles. The Kier molecular flexibility index (Phi) is 4.53. The van der Waals surface area contributed by atoms with E-state index >= 15 is 0 Å². The fourth-order valence-corrected chi connectivity index (χ4v) is 3.31. The Balaban J connectivity index is 1.36. The van der Waals surface area contributed by atoms with Gasteiger partial charge in [0.05, 0.1) is 13.1 Å². The molecule has 1 N–H and O–H groups in total. The molecule has 6 heteroatoms. The topological polar surface area (TPSA) is 45.5 Å². The summed E-state index contributed by atoms with van der Waals surface area (Å²) in [6, 6.07) is 7.75. The van der Waals surface area contributed by atoms with Crippen LogP contribution in [0, 0.1) is 17.6 Å². The van der Waals surface area contributed by atoms with Crippen LogP contribution < -0.4 is 5.32 Å². The number of nitrogens with zero attached hydrogens (tertiary/aromatic N) is 1. The van der Waals surface area contributed by atoms with E-state index in [0.29, 0.717) is 24.4 Å². The van der Waals surface area contributed by atoms with Crippen LogP contribution in [0.1, 0.15) is 43.6 Å². The number of hydrogen-bond acceptors (Lipinski definition) is 3. The predicted molar refractivity (Wildman–Crippen MR) is 93.6 cm³/mol. The van der Waals surface area contributed by atoms with Crippen LogP contribution in [-0.4, -0.2) is 23.4 Å². The number of hydrogen-bond donors (Lipinski definition) is 1. The second kappa shape index (κ2) is 6.83. The lowest BCUT2D eigenvalue weighted by molar-refractivity contribution is -0.117. The molecule has 2 unspecified atom stereocenters. The Bertz CT molecular complexity index is 816. The summed E-state index contributed by atoms with van der Waals surface area (Å²) in [6.45, 7) is 2.99. The second-order valence-corrected chi connectivity index (χ2v) is 7.44. The maximum absolute atomic E-state index is 13.3. The average Bonchev–Trinajstić information content (AvgIpc) is 3.51. The SMILES string of the molecule is CC1CC1c1ccc(CN(CC(=O)Nc2ccc(F)c(F)c2)C2CC2)o1. The molecule has 2 fully saturated rings. The van der Waals surface area contributed by atoms with Gasteiger partial charge in [0.25, 0.3) is 0 Å². The molecule has 0 saturated heterocycles. The van der Waals surface area contributed by atoms with Gasteiger partial charge < -0.3 is 9.73 Å². The van der Waals surface area contributed by atoms with Crippen molar-refractivity contribution in [2.75, 3.05) is 11.9 Å². The Morgan fingerprint density at radius 2 is 2.00 bits per heavy atom. The van der Waals surface area contributed by atoms with Gasteiger partial charge in [-0.1, -0.05) is 6.92 Å². The van der Waals surface area contributed by atoms with Crippen molar-refractivity contribution in [3.05, 3.63) is 53.5 Å². The predicted octanol–water partition coefficient (Wildman–Crippen LogP) is 4.28. The van der Waals surface area contributed by atoms with Crippen LogP contribution >= 0.6 is 0 Å². The minimum atomic E-state index is -0.973. The number of halogens is 2. The number of carbonyl (C=O) groups excluding carboxylic acids is 1. The molecule has 2 aromatic rings. The van der Waals surface area contributed by atoms with E-state index in [1.54, 1.807) is 0 Å². The van der Waals surface area contributed by atoms with Gasteiger partial charge in [0.1, 0.15) is 11.5 Å². The van der Waals surface area contributed by atoms with E-state index in [9.17, 15) is 13.6 Å². The summed E-state index contributed by atoms with van der Waals surface area (Å²) in [5, 5.41) is 2.63. The normalized spacial score (nSPS) is 21.8. The van der Waals surface area contributed by atoms with Gasteiger partial charge in [0.2, 0.25) is 5.91 Å². The van der Waals surface area contributed by atoms with Gasteiger partial charge in [-0.15, -0.1) is 0 Å². The summed E-state index contributed by atoms with van der Waals surface area (Å²) in [7, 11) is 0. The molecule has 2 aliphatic carbocycles. The molecule has 2 saturated carbocycles. The molecule has 4 rings (SSSR count).